The van der Waals surface area contributed by atoms with Crippen molar-refractivity contribution in [2.75, 3.05) is 13.2 Å². The number of hydrogen-bond acceptors (Lipinski definition) is 2. The lowest BCUT2D eigenvalue weighted by molar-refractivity contribution is 0.0757. The SMILES string of the molecule is CC(C)OCCCNC(=O)c1cccc(Br)c1. The van der Waals surface area contributed by atoms with Crippen molar-refractivity contribution in [3.05, 3.63) is 34.3 Å². The molecule has 1 rings (SSSR count). The van der Waals surface area contributed by atoms with E-state index in [9.17, 15) is 4.79 Å². The average molecular weight is 300 g/mol. The predicted octanol–water partition coefficient (Wildman–Crippen LogP) is 2.99. The molecule has 1 amide bonds. The summed E-state index contributed by atoms with van der Waals surface area (Å²) in [7, 11) is 0. The average Bonchev–Trinajstić information content (AvgIpc) is 2.28. The van der Waals surface area contributed by atoms with Gasteiger partial charge < -0.3 is 10.1 Å². The summed E-state index contributed by atoms with van der Waals surface area (Å²) in [6, 6.07) is 7.35. The highest BCUT2D eigenvalue weighted by molar-refractivity contribution is 9.10. The van der Waals surface area contributed by atoms with E-state index in [1.165, 1.54) is 0 Å². The second-order valence-electron chi connectivity index (χ2n) is 4.04. The molecule has 1 N–H and O–H groups in total. The lowest BCUT2D eigenvalue weighted by Crippen LogP contribution is -2.25. The quantitative estimate of drug-likeness (QED) is 0.820. The predicted molar refractivity (Wildman–Crippen MR) is 72.2 cm³/mol. The number of halogens is 1. The zero-order valence-corrected chi connectivity index (χ0v) is 11.8. The molecule has 0 spiro atoms. The number of carbonyl (C=O) groups is 1. The van der Waals surface area contributed by atoms with Crippen LogP contribution in [0, 0.1) is 0 Å². The van der Waals surface area contributed by atoms with Crippen LogP contribution < -0.4 is 5.32 Å². The van der Waals surface area contributed by atoms with Crippen LogP contribution >= 0.6 is 15.9 Å². The number of rotatable bonds is 6. The van der Waals surface area contributed by atoms with Crippen molar-refractivity contribution in [3.8, 4) is 0 Å². The molecule has 0 bridgehead atoms. The van der Waals surface area contributed by atoms with E-state index >= 15 is 0 Å². The van der Waals surface area contributed by atoms with Gasteiger partial charge >= 0.3 is 0 Å². The highest BCUT2D eigenvalue weighted by Gasteiger charge is 2.04. The number of nitrogens with one attached hydrogen (secondary N) is 1. The summed E-state index contributed by atoms with van der Waals surface area (Å²) in [4.78, 5) is 11.7. The first-order chi connectivity index (χ1) is 8.09. The summed E-state index contributed by atoms with van der Waals surface area (Å²) < 4.78 is 6.30. The number of ether oxygens (including phenoxy) is 1. The number of hydrogen-bond donors (Lipinski definition) is 1. The molecule has 3 nitrogen and oxygen atoms in total. The van der Waals surface area contributed by atoms with E-state index in [0.717, 1.165) is 10.9 Å². The first kappa shape index (κ1) is 14.2. The van der Waals surface area contributed by atoms with E-state index < -0.39 is 0 Å². The third-order valence-corrected chi connectivity index (χ3v) is 2.64. The summed E-state index contributed by atoms with van der Waals surface area (Å²) in [6.07, 6.45) is 1.08. The van der Waals surface area contributed by atoms with Crippen molar-refractivity contribution in [1.29, 1.82) is 0 Å². The van der Waals surface area contributed by atoms with Gasteiger partial charge in [0.25, 0.3) is 5.91 Å². The van der Waals surface area contributed by atoms with E-state index in [2.05, 4.69) is 21.2 Å². The van der Waals surface area contributed by atoms with Gasteiger partial charge in [-0.05, 0) is 38.5 Å². The molecule has 0 heterocycles. The lowest BCUT2D eigenvalue weighted by atomic mass is 10.2. The maximum Gasteiger partial charge on any atom is 0.251 e. The monoisotopic (exact) mass is 299 g/mol. The molecular formula is C13H18BrNO2. The Balaban J connectivity index is 2.26. The Bertz CT molecular complexity index is 366. The molecule has 1 aromatic rings. The Morgan fingerprint density at radius 1 is 1.47 bits per heavy atom. The first-order valence-corrected chi connectivity index (χ1v) is 6.54. The normalized spacial score (nSPS) is 10.6. The summed E-state index contributed by atoms with van der Waals surface area (Å²) in [5.41, 5.74) is 0.671. The van der Waals surface area contributed by atoms with Crippen molar-refractivity contribution in [3.63, 3.8) is 0 Å². The van der Waals surface area contributed by atoms with Crippen LogP contribution in [0.25, 0.3) is 0 Å². The van der Waals surface area contributed by atoms with Gasteiger partial charge in [0.2, 0.25) is 0 Å². The molecule has 17 heavy (non-hydrogen) atoms. The highest BCUT2D eigenvalue weighted by atomic mass is 79.9. The minimum Gasteiger partial charge on any atom is -0.379 e. The van der Waals surface area contributed by atoms with Crippen molar-refractivity contribution >= 4 is 21.8 Å². The van der Waals surface area contributed by atoms with E-state index in [1.54, 1.807) is 12.1 Å². The second-order valence-corrected chi connectivity index (χ2v) is 4.96. The fraction of sp³-hybridized carbons (Fsp3) is 0.462. The molecule has 0 saturated carbocycles. The summed E-state index contributed by atoms with van der Waals surface area (Å²) >= 11 is 3.34. The van der Waals surface area contributed by atoms with Crippen LogP contribution in [-0.4, -0.2) is 25.2 Å². The number of amides is 1. The van der Waals surface area contributed by atoms with Gasteiger partial charge in [-0.15, -0.1) is 0 Å². The molecule has 0 radical (unpaired) electrons. The molecule has 0 aliphatic carbocycles. The molecular weight excluding hydrogens is 282 g/mol. The molecule has 0 saturated heterocycles. The van der Waals surface area contributed by atoms with Crippen LogP contribution in [-0.2, 0) is 4.74 Å². The highest BCUT2D eigenvalue weighted by Crippen LogP contribution is 2.11. The molecule has 1 aromatic carbocycles. The Morgan fingerprint density at radius 2 is 2.24 bits per heavy atom. The van der Waals surface area contributed by atoms with E-state index in [4.69, 9.17) is 4.74 Å². The molecule has 0 aromatic heterocycles. The van der Waals surface area contributed by atoms with E-state index in [1.807, 2.05) is 26.0 Å². The molecule has 0 unspecified atom stereocenters. The number of carbonyl (C=O) groups excluding carboxylic acids is 1. The lowest BCUT2D eigenvalue weighted by Gasteiger charge is -2.08. The molecule has 0 atom stereocenters. The Labute approximate surface area is 111 Å². The van der Waals surface area contributed by atoms with Crippen molar-refractivity contribution in [2.45, 2.75) is 26.4 Å². The Hall–Kier alpha value is -0.870. The van der Waals surface area contributed by atoms with Gasteiger partial charge in [-0.3, -0.25) is 4.79 Å². The largest absolute Gasteiger partial charge is 0.379 e. The van der Waals surface area contributed by atoms with Gasteiger partial charge in [-0.1, -0.05) is 22.0 Å². The summed E-state index contributed by atoms with van der Waals surface area (Å²) in [6.45, 7) is 5.31. The summed E-state index contributed by atoms with van der Waals surface area (Å²) in [5.74, 6) is -0.0455. The Morgan fingerprint density at radius 3 is 2.88 bits per heavy atom. The van der Waals surface area contributed by atoms with Crippen LogP contribution in [0.15, 0.2) is 28.7 Å². The third-order valence-electron chi connectivity index (χ3n) is 2.14. The van der Waals surface area contributed by atoms with Gasteiger partial charge in [-0.25, -0.2) is 0 Å². The van der Waals surface area contributed by atoms with Gasteiger partial charge in [0.1, 0.15) is 0 Å². The molecule has 4 heteroatoms. The number of benzene rings is 1. The fourth-order valence-corrected chi connectivity index (χ4v) is 1.72. The van der Waals surface area contributed by atoms with Crippen molar-refractivity contribution in [1.82, 2.24) is 5.32 Å². The topological polar surface area (TPSA) is 38.3 Å². The van der Waals surface area contributed by atoms with Gasteiger partial charge in [-0.2, -0.15) is 0 Å². The molecule has 94 valence electrons. The van der Waals surface area contributed by atoms with Crippen molar-refractivity contribution in [2.24, 2.45) is 0 Å². The molecule has 0 fully saturated rings. The zero-order chi connectivity index (χ0) is 12.7. The van der Waals surface area contributed by atoms with Crippen molar-refractivity contribution < 1.29 is 9.53 Å². The first-order valence-electron chi connectivity index (χ1n) is 5.75. The molecule has 0 aliphatic rings. The third kappa shape index (κ3) is 5.84. The minimum atomic E-state index is -0.0455. The Kier molecular flexibility index (Phi) is 6.22. The van der Waals surface area contributed by atoms with E-state index in [0.29, 0.717) is 18.7 Å². The van der Waals surface area contributed by atoms with Crippen LogP contribution in [0.3, 0.4) is 0 Å². The summed E-state index contributed by atoms with van der Waals surface area (Å²) in [5, 5.41) is 2.86. The zero-order valence-electron chi connectivity index (χ0n) is 10.2. The van der Waals surface area contributed by atoms with Crippen LogP contribution in [0.4, 0.5) is 0 Å². The smallest absolute Gasteiger partial charge is 0.251 e. The van der Waals surface area contributed by atoms with E-state index in [-0.39, 0.29) is 12.0 Å². The van der Waals surface area contributed by atoms with Gasteiger partial charge in [0, 0.05) is 23.2 Å². The van der Waals surface area contributed by atoms with Crippen LogP contribution in [0.1, 0.15) is 30.6 Å². The molecule has 0 aliphatic heterocycles. The maximum absolute atomic E-state index is 11.7. The fourth-order valence-electron chi connectivity index (χ4n) is 1.32. The van der Waals surface area contributed by atoms with Crippen LogP contribution in [0.5, 0.6) is 0 Å². The minimum absolute atomic E-state index is 0.0455. The van der Waals surface area contributed by atoms with Crippen LogP contribution in [0.2, 0.25) is 0 Å². The standard InChI is InChI=1S/C13H18BrNO2/c1-10(2)17-8-4-7-15-13(16)11-5-3-6-12(14)9-11/h3,5-6,9-10H,4,7-8H2,1-2H3,(H,15,16). The maximum atomic E-state index is 11.7. The van der Waals surface area contributed by atoms with Gasteiger partial charge in [0.15, 0.2) is 0 Å². The second kappa shape index (κ2) is 7.45. The van der Waals surface area contributed by atoms with Gasteiger partial charge in [0.05, 0.1) is 6.10 Å².